The first kappa shape index (κ1) is 16.9. The molecular formula is C19H25NOS. The number of benzene rings is 2. The zero-order valence-electron chi connectivity index (χ0n) is 13.6. The molecular weight excluding hydrogens is 290 g/mol. The van der Waals surface area contributed by atoms with Crippen molar-refractivity contribution in [1.29, 1.82) is 0 Å². The Morgan fingerprint density at radius 2 is 1.86 bits per heavy atom. The Morgan fingerprint density at radius 3 is 2.50 bits per heavy atom. The van der Waals surface area contributed by atoms with E-state index in [4.69, 9.17) is 0 Å². The molecule has 0 fully saturated rings. The summed E-state index contributed by atoms with van der Waals surface area (Å²) in [4.78, 5) is 0. The lowest BCUT2D eigenvalue weighted by molar-refractivity contribution is 0.583. The van der Waals surface area contributed by atoms with Crippen molar-refractivity contribution < 1.29 is 4.21 Å². The molecule has 0 saturated carbocycles. The SMILES string of the molecule is C=CC[C@@H](Cc1ccc2ccccc2c1)NS(=O)C(C)(C)C. The summed E-state index contributed by atoms with van der Waals surface area (Å²) in [6.07, 6.45) is 3.53. The van der Waals surface area contributed by atoms with Crippen LogP contribution >= 0.6 is 0 Å². The summed E-state index contributed by atoms with van der Waals surface area (Å²) in [7, 11) is -1.07. The van der Waals surface area contributed by atoms with E-state index in [0.717, 1.165) is 12.8 Å². The van der Waals surface area contributed by atoms with Gasteiger partial charge in [0.2, 0.25) is 0 Å². The van der Waals surface area contributed by atoms with Crippen molar-refractivity contribution in [2.45, 2.75) is 44.4 Å². The van der Waals surface area contributed by atoms with E-state index in [-0.39, 0.29) is 10.8 Å². The number of rotatable bonds is 6. The highest BCUT2D eigenvalue weighted by atomic mass is 32.2. The molecule has 0 aromatic heterocycles. The molecule has 1 N–H and O–H groups in total. The van der Waals surface area contributed by atoms with Crippen molar-refractivity contribution >= 4 is 21.8 Å². The van der Waals surface area contributed by atoms with Crippen molar-refractivity contribution in [1.82, 2.24) is 4.72 Å². The monoisotopic (exact) mass is 315 g/mol. The zero-order valence-corrected chi connectivity index (χ0v) is 14.5. The van der Waals surface area contributed by atoms with Crippen LogP contribution in [0.3, 0.4) is 0 Å². The molecule has 2 aromatic carbocycles. The predicted molar refractivity (Wildman–Crippen MR) is 97.3 cm³/mol. The Balaban J connectivity index is 2.15. The Morgan fingerprint density at radius 1 is 1.18 bits per heavy atom. The fraction of sp³-hybridized carbons (Fsp3) is 0.368. The van der Waals surface area contributed by atoms with Crippen molar-refractivity contribution in [2.75, 3.05) is 0 Å². The van der Waals surface area contributed by atoms with Crippen molar-refractivity contribution in [2.24, 2.45) is 0 Å². The van der Waals surface area contributed by atoms with Gasteiger partial charge in [-0.3, -0.25) is 0 Å². The number of hydrogen-bond donors (Lipinski definition) is 1. The Kier molecular flexibility index (Phi) is 5.54. The maximum Gasteiger partial charge on any atom is 0.0972 e. The molecule has 2 nitrogen and oxygen atoms in total. The Labute approximate surface area is 136 Å². The second kappa shape index (κ2) is 7.21. The van der Waals surface area contributed by atoms with E-state index in [1.165, 1.54) is 16.3 Å². The summed E-state index contributed by atoms with van der Waals surface area (Å²) in [5.74, 6) is 0. The molecule has 2 atom stereocenters. The van der Waals surface area contributed by atoms with Crippen LogP contribution in [0.5, 0.6) is 0 Å². The van der Waals surface area contributed by atoms with Gasteiger partial charge in [0.25, 0.3) is 0 Å². The van der Waals surface area contributed by atoms with Crippen LogP contribution < -0.4 is 4.72 Å². The van der Waals surface area contributed by atoms with Crippen LogP contribution in [0, 0.1) is 0 Å². The molecule has 0 saturated heterocycles. The van der Waals surface area contributed by atoms with E-state index in [0.29, 0.717) is 0 Å². The van der Waals surface area contributed by atoms with Crippen molar-refractivity contribution in [3.8, 4) is 0 Å². The third-order valence-electron chi connectivity index (χ3n) is 3.58. The van der Waals surface area contributed by atoms with Gasteiger partial charge in [-0.1, -0.05) is 48.5 Å². The molecule has 0 spiro atoms. The minimum atomic E-state index is -1.07. The van der Waals surface area contributed by atoms with E-state index < -0.39 is 11.0 Å². The summed E-state index contributed by atoms with van der Waals surface area (Å²) in [6, 6.07) is 15.0. The van der Waals surface area contributed by atoms with Gasteiger partial charge >= 0.3 is 0 Å². The lowest BCUT2D eigenvalue weighted by Gasteiger charge is -2.23. The molecule has 0 amide bonds. The van der Waals surface area contributed by atoms with E-state index in [9.17, 15) is 4.21 Å². The molecule has 0 bridgehead atoms. The normalized spacial score (nSPS) is 14.7. The molecule has 118 valence electrons. The predicted octanol–water partition coefficient (Wildman–Crippen LogP) is 4.38. The summed E-state index contributed by atoms with van der Waals surface area (Å²) >= 11 is 0. The highest BCUT2D eigenvalue weighted by molar-refractivity contribution is 7.84. The number of hydrogen-bond acceptors (Lipinski definition) is 1. The summed E-state index contributed by atoms with van der Waals surface area (Å²) in [6.45, 7) is 9.77. The van der Waals surface area contributed by atoms with Gasteiger partial charge in [0.15, 0.2) is 0 Å². The van der Waals surface area contributed by atoms with Crippen LogP contribution in [0.15, 0.2) is 55.1 Å². The first-order valence-corrected chi connectivity index (χ1v) is 8.82. The summed E-state index contributed by atoms with van der Waals surface area (Å²) in [5.41, 5.74) is 1.25. The minimum absolute atomic E-state index is 0.138. The zero-order chi connectivity index (χ0) is 16.2. The molecule has 0 aliphatic carbocycles. The Hall–Kier alpha value is -1.45. The van der Waals surface area contributed by atoms with Crippen LogP contribution in [0.1, 0.15) is 32.8 Å². The quantitative estimate of drug-likeness (QED) is 0.788. The van der Waals surface area contributed by atoms with Crippen LogP contribution in [0.25, 0.3) is 10.8 Å². The van der Waals surface area contributed by atoms with Gasteiger partial charge in [-0.05, 0) is 49.9 Å². The summed E-state index contributed by atoms with van der Waals surface area (Å²) in [5, 5.41) is 2.49. The molecule has 0 aliphatic rings. The van der Waals surface area contributed by atoms with E-state index in [2.05, 4.69) is 53.8 Å². The molecule has 22 heavy (non-hydrogen) atoms. The first-order chi connectivity index (χ1) is 10.4. The maximum atomic E-state index is 12.3. The van der Waals surface area contributed by atoms with Crippen LogP contribution in [-0.2, 0) is 17.4 Å². The Bertz CT molecular complexity index is 672. The average Bonchev–Trinajstić information content (AvgIpc) is 2.46. The van der Waals surface area contributed by atoms with E-state index in [1.54, 1.807) is 0 Å². The average molecular weight is 315 g/mol. The lowest BCUT2D eigenvalue weighted by Crippen LogP contribution is -2.40. The maximum absolute atomic E-state index is 12.3. The molecule has 2 rings (SSSR count). The van der Waals surface area contributed by atoms with Gasteiger partial charge in [-0.15, -0.1) is 6.58 Å². The van der Waals surface area contributed by atoms with Gasteiger partial charge in [-0.25, -0.2) is 8.93 Å². The highest BCUT2D eigenvalue weighted by Crippen LogP contribution is 2.18. The van der Waals surface area contributed by atoms with E-state index >= 15 is 0 Å². The second-order valence-electron chi connectivity index (χ2n) is 6.61. The number of fused-ring (bicyclic) bond motifs is 1. The third kappa shape index (κ3) is 4.52. The minimum Gasteiger partial charge on any atom is -0.242 e. The smallest absolute Gasteiger partial charge is 0.0972 e. The third-order valence-corrected chi connectivity index (χ3v) is 5.24. The van der Waals surface area contributed by atoms with Gasteiger partial charge in [0.05, 0.1) is 15.7 Å². The fourth-order valence-corrected chi connectivity index (χ4v) is 3.19. The van der Waals surface area contributed by atoms with Crippen molar-refractivity contribution in [3.05, 3.63) is 60.7 Å². The molecule has 0 aliphatic heterocycles. The molecule has 0 heterocycles. The largest absolute Gasteiger partial charge is 0.242 e. The first-order valence-electron chi connectivity index (χ1n) is 7.67. The molecule has 3 heteroatoms. The van der Waals surface area contributed by atoms with Crippen LogP contribution in [0.2, 0.25) is 0 Å². The molecule has 0 radical (unpaired) electrons. The van der Waals surface area contributed by atoms with Gasteiger partial charge < -0.3 is 0 Å². The molecule has 2 aromatic rings. The lowest BCUT2D eigenvalue weighted by atomic mass is 10.0. The fourth-order valence-electron chi connectivity index (χ4n) is 2.35. The van der Waals surface area contributed by atoms with Gasteiger partial charge in [0, 0.05) is 6.04 Å². The highest BCUT2D eigenvalue weighted by Gasteiger charge is 2.22. The standard InChI is InChI=1S/C19H25NOS/c1-5-8-18(20-22(21)19(2,3)4)14-15-11-12-16-9-6-7-10-17(16)13-15/h5-7,9-13,18,20H,1,8,14H2,2-4H3/t18-,22?/m0/s1. The van der Waals surface area contributed by atoms with Gasteiger partial charge in [-0.2, -0.15) is 0 Å². The topological polar surface area (TPSA) is 29.1 Å². The van der Waals surface area contributed by atoms with Crippen molar-refractivity contribution in [3.63, 3.8) is 0 Å². The second-order valence-corrected chi connectivity index (χ2v) is 8.60. The van der Waals surface area contributed by atoms with Gasteiger partial charge in [0.1, 0.15) is 0 Å². The van der Waals surface area contributed by atoms with E-state index in [1.807, 2.05) is 26.8 Å². The van der Waals surface area contributed by atoms with Crippen LogP contribution in [-0.4, -0.2) is 15.0 Å². The number of nitrogens with one attached hydrogen (secondary N) is 1. The van der Waals surface area contributed by atoms with Crippen LogP contribution in [0.4, 0.5) is 0 Å². The summed E-state index contributed by atoms with van der Waals surface area (Å²) < 4.78 is 15.3. The molecule has 1 unspecified atom stereocenters.